The van der Waals surface area contributed by atoms with E-state index in [1.807, 2.05) is 0 Å². The highest BCUT2D eigenvalue weighted by Gasteiger charge is 2.13. The third kappa shape index (κ3) is 4.38. The number of ether oxygens (including phenoxy) is 1. The van der Waals surface area contributed by atoms with E-state index in [9.17, 15) is 14.4 Å². The summed E-state index contributed by atoms with van der Waals surface area (Å²) in [4.78, 5) is 35.5. The maximum absolute atomic E-state index is 11.7. The Bertz CT molecular complexity index is 514. The lowest BCUT2D eigenvalue weighted by Gasteiger charge is -2.21. The monoisotopic (exact) mass is 278 g/mol. The van der Waals surface area contributed by atoms with E-state index in [0.717, 1.165) is 0 Å². The van der Waals surface area contributed by atoms with Gasteiger partial charge in [-0.25, -0.2) is 4.79 Å². The highest BCUT2D eigenvalue weighted by atomic mass is 16.5. The number of hydrogen-bond acceptors (Lipinski definition) is 4. The first kappa shape index (κ1) is 15.7. The van der Waals surface area contributed by atoms with Crippen LogP contribution in [0.4, 0.5) is 10.5 Å². The normalized spacial score (nSPS) is 9.75. The number of carbonyl (C=O) groups is 3. The second-order valence-electron chi connectivity index (χ2n) is 4.20. The third-order valence-corrected chi connectivity index (χ3v) is 2.73. The third-order valence-electron chi connectivity index (χ3n) is 2.73. The first-order valence-electron chi connectivity index (χ1n) is 6.16. The van der Waals surface area contributed by atoms with Gasteiger partial charge in [0.15, 0.2) is 5.78 Å². The smallest absolute Gasteiger partial charge is 0.406 e. The van der Waals surface area contributed by atoms with Gasteiger partial charge in [-0.2, -0.15) is 0 Å². The van der Waals surface area contributed by atoms with Gasteiger partial charge in [-0.05, 0) is 19.1 Å². The Balaban J connectivity index is 2.80. The number of Topliss-reactive ketones (excluding diaryl/α,β-unsaturated/α-hetero) is 1. The molecule has 0 unspecified atom stereocenters. The fourth-order valence-electron chi connectivity index (χ4n) is 1.70. The molecule has 0 aromatic heterocycles. The largest absolute Gasteiger partial charge is 0.453 e. The summed E-state index contributed by atoms with van der Waals surface area (Å²) in [7, 11) is 1.27. The number of ketones is 1. The molecule has 0 saturated carbocycles. The van der Waals surface area contributed by atoms with Crippen LogP contribution in [0.2, 0.25) is 0 Å². The molecule has 1 N–H and O–H groups in total. The fourth-order valence-corrected chi connectivity index (χ4v) is 1.70. The predicted molar refractivity (Wildman–Crippen MR) is 74.9 cm³/mol. The van der Waals surface area contributed by atoms with Gasteiger partial charge < -0.3 is 15.0 Å². The van der Waals surface area contributed by atoms with Gasteiger partial charge in [0.05, 0.1) is 7.11 Å². The molecular formula is C14H18N2O4. The molecule has 0 bridgehead atoms. The van der Waals surface area contributed by atoms with Gasteiger partial charge in [0.2, 0.25) is 5.91 Å². The van der Waals surface area contributed by atoms with Crippen LogP contribution in [0.1, 0.15) is 24.2 Å². The van der Waals surface area contributed by atoms with Gasteiger partial charge in [-0.15, -0.1) is 0 Å². The molecular weight excluding hydrogens is 260 g/mol. The molecule has 6 nitrogen and oxygen atoms in total. The summed E-state index contributed by atoms with van der Waals surface area (Å²) >= 11 is 0. The summed E-state index contributed by atoms with van der Waals surface area (Å²) in [5.41, 5.74) is 1.16. The van der Waals surface area contributed by atoms with Gasteiger partial charge in [-0.1, -0.05) is 12.1 Å². The molecule has 20 heavy (non-hydrogen) atoms. The van der Waals surface area contributed by atoms with Crippen molar-refractivity contribution >= 4 is 23.5 Å². The van der Waals surface area contributed by atoms with Crippen LogP contribution < -0.4 is 10.2 Å². The molecule has 1 rings (SSSR count). The van der Waals surface area contributed by atoms with E-state index in [-0.39, 0.29) is 18.2 Å². The van der Waals surface area contributed by atoms with Crippen LogP contribution in [-0.2, 0) is 9.53 Å². The van der Waals surface area contributed by atoms with Gasteiger partial charge in [0.25, 0.3) is 0 Å². The van der Waals surface area contributed by atoms with Crippen LogP contribution in [0.3, 0.4) is 0 Å². The molecule has 0 aliphatic carbocycles. The van der Waals surface area contributed by atoms with Crippen molar-refractivity contribution < 1.29 is 19.1 Å². The minimum absolute atomic E-state index is 0.0666. The van der Waals surface area contributed by atoms with E-state index in [0.29, 0.717) is 17.8 Å². The van der Waals surface area contributed by atoms with E-state index in [1.165, 1.54) is 25.9 Å². The molecule has 0 aliphatic heterocycles. The van der Waals surface area contributed by atoms with Gasteiger partial charge in [0, 0.05) is 31.3 Å². The van der Waals surface area contributed by atoms with Crippen LogP contribution in [0.15, 0.2) is 24.3 Å². The molecule has 0 aliphatic rings. The molecule has 6 heteroatoms. The van der Waals surface area contributed by atoms with Gasteiger partial charge >= 0.3 is 6.09 Å². The molecule has 1 aromatic rings. The Morgan fingerprint density at radius 1 is 1.25 bits per heavy atom. The van der Waals surface area contributed by atoms with Crippen molar-refractivity contribution in [1.82, 2.24) is 5.32 Å². The molecule has 0 atom stereocenters. The summed E-state index contributed by atoms with van der Waals surface area (Å²) in [6, 6.07) is 6.81. The van der Waals surface area contributed by atoms with Crippen molar-refractivity contribution in [2.24, 2.45) is 0 Å². The number of anilines is 1. The fraction of sp³-hybridized carbons (Fsp3) is 0.357. The Hall–Kier alpha value is -2.37. The molecule has 0 fully saturated rings. The molecule has 0 saturated heterocycles. The van der Waals surface area contributed by atoms with Crippen molar-refractivity contribution in [3.8, 4) is 0 Å². The van der Waals surface area contributed by atoms with E-state index in [1.54, 1.807) is 24.3 Å². The number of alkyl carbamates (subject to hydrolysis) is 1. The van der Waals surface area contributed by atoms with Crippen molar-refractivity contribution in [2.75, 3.05) is 25.1 Å². The second kappa shape index (κ2) is 7.28. The quantitative estimate of drug-likeness (QED) is 0.830. The Morgan fingerprint density at radius 2 is 1.95 bits per heavy atom. The minimum atomic E-state index is -0.550. The maximum Gasteiger partial charge on any atom is 0.406 e. The summed E-state index contributed by atoms with van der Waals surface area (Å²) in [5.74, 6) is -0.236. The number of benzene rings is 1. The molecule has 0 spiro atoms. The zero-order chi connectivity index (χ0) is 15.1. The first-order chi connectivity index (χ1) is 9.45. The van der Waals surface area contributed by atoms with E-state index >= 15 is 0 Å². The number of nitrogens with zero attached hydrogens (tertiary/aromatic N) is 1. The van der Waals surface area contributed by atoms with Crippen LogP contribution >= 0.6 is 0 Å². The topological polar surface area (TPSA) is 75.7 Å². The predicted octanol–water partition coefficient (Wildman–Crippen LogP) is 1.60. The molecule has 108 valence electrons. The summed E-state index contributed by atoms with van der Waals surface area (Å²) in [6.45, 7) is 3.46. The lowest BCUT2D eigenvalue weighted by Crippen LogP contribution is -2.37. The van der Waals surface area contributed by atoms with Crippen molar-refractivity contribution in [2.45, 2.75) is 13.8 Å². The van der Waals surface area contributed by atoms with Gasteiger partial charge in [0.1, 0.15) is 0 Å². The highest BCUT2D eigenvalue weighted by Crippen LogP contribution is 2.16. The highest BCUT2D eigenvalue weighted by molar-refractivity contribution is 5.97. The molecule has 1 aromatic carbocycles. The van der Waals surface area contributed by atoms with Crippen LogP contribution in [-0.4, -0.2) is 38.0 Å². The molecule has 0 radical (unpaired) electrons. The van der Waals surface area contributed by atoms with Gasteiger partial charge in [-0.3, -0.25) is 9.59 Å². The van der Waals surface area contributed by atoms with Crippen LogP contribution in [0.25, 0.3) is 0 Å². The minimum Gasteiger partial charge on any atom is -0.453 e. The Labute approximate surface area is 117 Å². The van der Waals surface area contributed by atoms with Crippen LogP contribution in [0.5, 0.6) is 0 Å². The number of amides is 2. The second-order valence-corrected chi connectivity index (χ2v) is 4.20. The SMILES string of the molecule is COC(=O)NCCN(C(C)=O)c1cccc(C(C)=O)c1. The maximum atomic E-state index is 11.7. The average Bonchev–Trinajstić information content (AvgIpc) is 2.42. The van der Waals surface area contributed by atoms with Crippen molar-refractivity contribution in [3.63, 3.8) is 0 Å². The Morgan fingerprint density at radius 3 is 2.50 bits per heavy atom. The first-order valence-corrected chi connectivity index (χ1v) is 6.16. The summed E-state index contributed by atoms with van der Waals surface area (Å²) in [6.07, 6.45) is -0.550. The standard InChI is InChI=1S/C14H18N2O4/c1-10(17)12-5-4-6-13(9-12)16(11(2)18)8-7-15-14(19)20-3/h4-6,9H,7-8H2,1-3H3,(H,15,19). The lowest BCUT2D eigenvalue weighted by atomic mass is 10.1. The number of nitrogens with one attached hydrogen (secondary N) is 1. The Kier molecular flexibility index (Phi) is 5.71. The number of hydrogen-bond donors (Lipinski definition) is 1. The van der Waals surface area contributed by atoms with E-state index in [4.69, 9.17) is 0 Å². The summed E-state index contributed by atoms with van der Waals surface area (Å²) in [5, 5.41) is 2.50. The zero-order valence-corrected chi connectivity index (χ0v) is 11.8. The number of rotatable bonds is 5. The van der Waals surface area contributed by atoms with Crippen LogP contribution in [0, 0.1) is 0 Å². The van der Waals surface area contributed by atoms with Crippen molar-refractivity contribution in [1.29, 1.82) is 0 Å². The lowest BCUT2D eigenvalue weighted by molar-refractivity contribution is -0.116. The summed E-state index contributed by atoms with van der Waals surface area (Å²) < 4.78 is 4.45. The zero-order valence-electron chi connectivity index (χ0n) is 11.8. The number of methoxy groups -OCH3 is 1. The number of carbonyl (C=O) groups excluding carboxylic acids is 3. The van der Waals surface area contributed by atoms with Crippen molar-refractivity contribution in [3.05, 3.63) is 29.8 Å². The van der Waals surface area contributed by atoms with E-state index in [2.05, 4.69) is 10.1 Å². The molecule has 0 heterocycles. The van der Waals surface area contributed by atoms with E-state index < -0.39 is 6.09 Å². The average molecular weight is 278 g/mol. The molecule has 2 amide bonds.